The molecule has 2 aromatic rings. The molecular weight excluding hydrogens is 313 g/mol. The minimum atomic E-state index is -0.343. The lowest BCUT2D eigenvalue weighted by Crippen LogP contribution is -2.31. The Balaban J connectivity index is 1.55. The summed E-state index contributed by atoms with van der Waals surface area (Å²) in [6.07, 6.45) is 0. The molecule has 1 amide bonds. The fourth-order valence-corrected chi connectivity index (χ4v) is 2.33. The summed E-state index contributed by atoms with van der Waals surface area (Å²) >= 11 is 0. The Bertz CT molecular complexity index is 717. The van der Waals surface area contributed by atoms with E-state index in [1.807, 2.05) is 18.2 Å². The molecule has 0 bridgehead atoms. The van der Waals surface area contributed by atoms with Crippen LogP contribution in [-0.2, 0) is 11.3 Å². The lowest BCUT2D eigenvalue weighted by atomic mass is 10.2. The van der Waals surface area contributed by atoms with Crippen LogP contribution < -0.4 is 14.2 Å². The first-order valence-corrected chi connectivity index (χ1v) is 7.63. The van der Waals surface area contributed by atoms with E-state index < -0.39 is 0 Å². The highest BCUT2D eigenvalue weighted by Crippen LogP contribution is 2.31. The monoisotopic (exact) mass is 331 g/mol. The maximum Gasteiger partial charge on any atom is 0.260 e. The molecule has 0 saturated carbocycles. The number of halogens is 1. The molecule has 2 aromatic carbocycles. The third-order valence-corrected chi connectivity index (χ3v) is 3.63. The molecule has 126 valence electrons. The Labute approximate surface area is 139 Å². The molecule has 24 heavy (non-hydrogen) atoms. The second-order valence-corrected chi connectivity index (χ2v) is 5.47. The first-order chi connectivity index (χ1) is 11.6. The van der Waals surface area contributed by atoms with E-state index in [0.29, 0.717) is 31.3 Å². The van der Waals surface area contributed by atoms with E-state index in [2.05, 4.69) is 0 Å². The average Bonchev–Trinajstić information content (AvgIpc) is 2.61. The Kier molecular flexibility index (Phi) is 4.84. The van der Waals surface area contributed by atoms with Gasteiger partial charge >= 0.3 is 0 Å². The van der Waals surface area contributed by atoms with Gasteiger partial charge in [-0.05, 0) is 42.0 Å². The molecule has 0 fully saturated rings. The lowest BCUT2D eigenvalue weighted by Gasteiger charge is -2.21. The number of hydrogen-bond acceptors (Lipinski definition) is 4. The minimum absolute atomic E-state index is 0.104. The van der Waals surface area contributed by atoms with E-state index in [-0.39, 0.29) is 18.3 Å². The summed E-state index contributed by atoms with van der Waals surface area (Å²) in [6, 6.07) is 11.2. The van der Waals surface area contributed by atoms with Gasteiger partial charge in [0.15, 0.2) is 18.1 Å². The highest BCUT2D eigenvalue weighted by molar-refractivity contribution is 5.77. The van der Waals surface area contributed by atoms with E-state index in [9.17, 15) is 9.18 Å². The van der Waals surface area contributed by atoms with Crippen LogP contribution in [0.1, 0.15) is 5.56 Å². The number of carbonyl (C=O) groups is 1. The summed E-state index contributed by atoms with van der Waals surface area (Å²) < 4.78 is 29.2. The first kappa shape index (κ1) is 16.1. The maximum atomic E-state index is 12.8. The van der Waals surface area contributed by atoms with E-state index in [1.165, 1.54) is 24.3 Å². The zero-order chi connectivity index (χ0) is 16.9. The molecule has 0 radical (unpaired) electrons. The van der Waals surface area contributed by atoms with Gasteiger partial charge in [0, 0.05) is 13.6 Å². The van der Waals surface area contributed by atoms with Gasteiger partial charge in [0.2, 0.25) is 0 Å². The van der Waals surface area contributed by atoms with E-state index in [0.717, 1.165) is 11.3 Å². The molecule has 1 aliphatic rings. The van der Waals surface area contributed by atoms with Crippen molar-refractivity contribution >= 4 is 5.91 Å². The van der Waals surface area contributed by atoms with Crippen LogP contribution in [-0.4, -0.2) is 37.7 Å². The largest absolute Gasteiger partial charge is 0.486 e. The van der Waals surface area contributed by atoms with Crippen LogP contribution in [0, 0.1) is 5.82 Å². The molecule has 0 spiro atoms. The van der Waals surface area contributed by atoms with Crippen molar-refractivity contribution < 1.29 is 23.4 Å². The fraction of sp³-hybridized carbons (Fsp3) is 0.278. The lowest BCUT2D eigenvalue weighted by molar-refractivity contribution is -0.132. The predicted molar refractivity (Wildman–Crippen MR) is 85.8 cm³/mol. The Morgan fingerprint density at radius 1 is 1.12 bits per heavy atom. The van der Waals surface area contributed by atoms with Gasteiger partial charge in [-0.25, -0.2) is 4.39 Å². The van der Waals surface area contributed by atoms with Crippen molar-refractivity contribution in [3.8, 4) is 17.2 Å². The van der Waals surface area contributed by atoms with Crippen LogP contribution in [0.15, 0.2) is 42.5 Å². The van der Waals surface area contributed by atoms with Crippen LogP contribution in [0.4, 0.5) is 4.39 Å². The van der Waals surface area contributed by atoms with Crippen LogP contribution in [0.2, 0.25) is 0 Å². The number of ether oxygens (including phenoxy) is 3. The highest BCUT2D eigenvalue weighted by atomic mass is 19.1. The molecule has 0 unspecified atom stereocenters. The van der Waals surface area contributed by atoms with Crippen molar-refractivity contribution in [2.24, 2.45) is 0 Å². The summed E-state index contributed by atoms with van der Waals surface area (Å²) in [4.78, 5) is 13.7. The number of rotatable bonds is 5. The summed E-state index contributed by atoms with van der Waals surface area (Å²) in [6.45, 7) is 1.40. The quantitative estimate of drug-likeness (QED) is 0.845. The molecule has 1 aliphatic heterocycles. The minimum Gasteiger partial charge on any atom is -0.486 e. The number of carbonyl (C=O) groups excluding carboxylic acids is 1. The Morgan fingerprint density at radius 2 is 1.83 bits per heavy atom. The SMILES string of the molecule is CN(Cc1ccc2c(c1)OCCO2)C(=O)COc1ccc(F)cc1. The van der Waals surface area contributed by atoms with Crippen molar-refractivity contribution in [2.45, 2.75) is 6.54 Å². The van der Waals surface area contributed by atoms with Crippen LogP contribution >= 0.6 is 0 Å². The van der Waals surface area contributed by atoms with Crippen LogP contribution in [0.3, 0.4) is 0 Å². The molecule has 3 rings (SSSR count). The molecule has 0 aromatic heterocycles. The standard InChI is InChI=1S/C18H18FNO4/c1-20(18(21)12-24-15-5-3-14(19)4-6-15)11-13-2-7-16-17(10-13)23-9-8-22-16/h2-7,10H,8-9,11-12H2,1H3. The van der Waals surface area contributed by atoms with Crippen molar-refractivity contribution in [3.05, 3.63) is 53.8 Å². The molecule has 1 heterocycles. The highest BCUT2D eigenvalue weighted by Gasteiger charge is 2.14. The number of fused-ring (bicyclic) bond motifs is 1. The van der Waals surface area contributed by atoms with Crippen molar-refractivity contribution in [1.82, 2.24) is 4.90 Å². The second-order valence-electron chi connectivity index (χ2n) is 5.47. The Morgan fingerprint density at radius 3 is 2.58 bits per heavy atom. The number of benzene rings is 2. The van der Waals surface area contributed by atoms with Crippen molar-refractivity contribution in [2.75, 3.05) is 26.9 Å². The van der Waals surface area contributed by atoms with E-state index in [4.69, 9.17) is 14.2 Å². The van der Waals surface area contributed by atoms with Gasteiger partial charge in [-0.15, -0.1) is 0 Å². The predicted octanol–water partition coefficient (Wildman–Crippen LogP) is 2.63. The second kappa shape index (κ2) is 7.21. The summed E-state index contributed by atoms with van der Waals surface area (Å²) in [7, 11) is 1.70. The zero-order valence-electron chi connectivity index (χ0n) is 13.3. The van der Waals surface area contributed by atoms with Gasteiger partial charge in [-0.3, -0.25) is 4.79 Å². The molecule has 6 heteroatoms. The molecule has 5 nitrogen and oxygen atoms in total. The average molecular weight is 331 g/mol. The van der Waals surface area contributed by atoms with Gasteiger partial charge < -0.3 is 19.1 Å². The zero-order valence-corrected chi connectivity index (χ0v) is 13.3. The molecule has 0 saturated heterocycles. The maximum absolute atomic E-state index is 12.8. The Hall–Kier alpha value is -2.76. The van der Waals surface area contributed by atoms with Gasteiger partial charge in [-0.2, -0.15) is 0 Å². The third-order valence-electron chi connectivity index (χ3n) is 3.63. The smallest absolute Gasteiger partial charge is 0.260 e. The van der Waals surface area contributed by atoms with Gasteiger partial charge in [0.25, 0.3) is 5.91 Å². The third kappa shape index (κ3) is 3.95. The van der Waals surface area contributed by atoms with Crippen LogP contribution in [0.25, 0.3) is 0 Å². The van der Waals surface area contributed by atoms with E-state index >= 15 is 0 Å². The number of nitrogens with zero attached hydrogens (tertiary/aromatic N) is 1. The summed E-state index contributed by atoms with van der Waals surface area (Å²) in [5.74, 6) is 1.36. The van der Waals surface area contributed by atoms with Crippen molar-refractivity contribution in [1.29, 1.82) is 0 Å². The number of likely N-dealkylation sites (N-methyl/N-ethyl adjacent to an activating group) is 1. The summed E-state index contributed by atoms with van der Waals surface area (Å²) in [5.41, 5.74) is 0.942. The van der Waals surface area contributed by atoms with Gasteiger partial charge in [-0.1, -0.05) is 6.07 Å². The summed E-state index contributed by atoms with van der Waals surface area (Å²) in [5, 5.41) is 0. The molecule has 0 aliphatic carbocycles. The molecular formula is C18H18FNO4. The molecule has 0 atom stereocenters. The normalized spacial score (nSPS) is 12.6. The number of amides is 1. The number of hydrogen-bond donors (Lipinski definition) is 0. The van der Waals surface area contributed by atoms with Gasteiger partial charge in [0.1, 0.15) is 24.8 Å². The fourth-order valence-electron chi connectivity index (χ4n) is 2.33. The van der Waals surface area contributed by atoms with Crippen LogP contribution in [0.5, 0.6) is 17.2 Å². The first-order valence-electron chi connectivity index (χ1n) is 7.63. The van der Waals surface area contributed by atoms with E-state index in [1.54, 1.807) is 11.9 Å². The topological polar surface area (TPSA) is 48.0 Å². The van der Waals surface area contributed by atoms with Gasteiger partial charge in [0.05, 0.1) is 0 Å². The molecule has 0 N–H and O–H groups in total. The van der Waals surface area contributed by atoms with Crippen molar-refractivity contribution in [3.63, 3.8) is 0 Å².